The van der Waals surface area contributed by atoms with Gasteiger partial charge in [-0.2, -0.15) is 0 Å². The first-order valence-electron chi connectivity index (χ1n) is 7.27. The van der Waals surface area contributed by atoms with Crippen LogP contribution in [0.3, 0.4) is 0 Å². The van der Waals surface area contributed by atoms with Crippen LogP contribution in [0.4, 0.5) is 10.1 Å². The van der Waals surface area contributed by atoms with Crippen molar-refractivity contribution in [2.24, 2.45) is 0 Å². The smallest absolute Gasteiger partial charge is 0.325 e. The zero-order valence-electron chi connectivity index (χ0n) is 12.9. The first-order valence-corrected chi connectivity index (χ1v) is 7.27. The van der Waals surface area contributed by atoms with Crippen LogP contribution in [0.15, 0.2) is 24.3 Å². The van der Waals surface area contributed by atoms with E-state index in [1.165, 1.54) is 19.2 Å². The molecular weight excluding hydrogens is 271 g/mol. The molecule has 1 atom stereocenters. The minimum absolute atomic E-state index is 0.234. The fraction of sp³-hybridized carbons (Fsp3) is 0.562. The van der Waals surface area contributed by atoms with Crippen molar-refractivity contribution in [2.75, 3.05) is 25.6 Å². The predicted molar refractivity (Wildman–Crippen MR) is 80.9 cm³/mol. The summed E-state index contributed by atoms with van der Waals surface area (Å²) in [5, 5.41) is 3.37. The van der Waals surface area contributed by atoms with Gasteiger partial charge in [0.1, 0.15) is 11.4 Å². The Hall–Kier alpha value is -1.62. The largest absolute Gasteiger partial charge is 0.468 e. The molecule has 1 unspecified atom stereocenters. The molecule has 0 saturated heterocycles. The third kappa shape index (κ3) is 4.17. The van der Waals surface area contributed by atoms with Gasteiger partial charge in [-0.05, 0) is 50.5 Å². The van der Waals surface area contributed by atoms with Crippen LogP contribution in [0.25, 0.3) is 0 Å². The van der Waals surface area contributed by atoms with Crippen molar-refractivity contribution >= 4 is 11.7 Å². The molecule has 1 N–H and O–H groups in total. The Morgan fingerprint density at radius 3 is 2.57 bits per heavy atom. The van der Waals surface area contributed by atoms with E-state index in [1.54, 1.807) is 12.1 Å². The predicted octanol–water partition coefficient (Wildman–Crippen LogP) is 2.34. The van der Waals surface area contributed by atoms with Crippen molar-refractivity contribution in [2.45, 2.75) is 37.8 Å². The van der Waals surface area contributed by atoms with Gasteiger partial charge in [0.15, 0.2) is 0 Å². The number of ether oxygens (including phenoxy) is 1. The molecule has 4 nitrogen and oxygen atoms in total. The molecule has 1 aliphatic carbocycles. The average molecular weight is 294 g/mol. The number of anilines is 1. The number of methoxy groups -OCH3 is 1. The second-order valence-corrected chi connectivity index (χ2v) is 5.89. The van der Waals surface area contributed by atoms with E-state index < -0.39 is 5.54 Å². The van der Waals surface area contributed by atoms with Crippen LogP contribution in [-0.2, 0) is 9.53 Å². The van der Waals surface area contributed by atoms with Crippen LogP contribution in [0.2, 0.25) is 0 Å². The first kappa shape index (κ1) is 15.8. The molecule has 2 rings (SSSR count). The summed E-state index contributed by atoms with van der Waals surface area (Å²) in [4.78, 5) is 14.0. The number of nitrogens with zero attached hydrogens (tertiary/aromatic N) is 1. The number of rotatable bonds is 7. The summed E-state index contributed by atoms with van der Waals surface area (Å²) >= 11 is 0. The molecule has 5 heteroatoms. The van der Waals surface area contributed by atoms with Gasteiger partial charge in [0, 0.05) is 25.3 Å². The minimum atomic E-state index is -0.676. The molecular formula is C16H23FN2O2. The first-order chi connectivity index (χ1) is 9.94. The SMILES string of the molecule is COC(=O)C(C)(CCN(C)c1ccc(F)cc1)NC1CC1. The molecule has 0 heterocycles. The monoisotopic (exact) mass is 294 g/mol. The zero-order chi connectivity index (χ0) is 15.5. The van der Waals surface area contributed by atoms with Gasteiger partial charge in [0.05, 0.1) is 7.11 Å². The van der Waals surface area contributed by atoms with Gasteiger partial charge in [0.2, 0.25) is 0 Å². The van der Waals surface area contributed by atoms with Crippen LogP contribution in [0, 0.1) is 5.82 Å². The maximum Gasteiger partial charge on any atom is 0.325 e. The molecule has 0 spiro atoms. The fourth-order valence-corrected chi connectivity index (χ4v) is 2.35. The van der Waals surface area contributed by atoms with Crippen molar-refractivity contribution < 1.29 is 13.9 Å². The highest BCUT2D eigenvalue weighted by Crippen LogP contribution is 2.25. The van der Waals surface area contributed by atoms with Gasteiger partial charge in [0.25, 0.3) is 0 Å². The van der Waals surface area contributed by atoms with E-state index >= 15 is 0 Å². The fourth-order valence-electron chi connectivity index (χ4n) is 2.35. The van der Waals surface area contributed by atoms with E-state index in [9.17, 15) is 9.18 Å². The second kappa shape index (κ2) is 6.43. The van der Waals surface area contributed by atoms with Crippen molar-refractivity contribution in [1.29, 1.82) is 0 Å². The third-order valence-corrected chi connectivity index (χ3v) is 3.95. The minimum Gasteiger partial charge on any atom is -0.468 e. The lowest BCUT2D eigenvalue weighted by atomic mass is 9.97. The summed E-state index contributed by atoms with van der Waals surface area (Å²) in [6.45, 7) is 2.56. The van der Waals surface area contributed by atoms with Crippen molar-refractivity contribution in [3.8, 4) is 0 Å². The molecule has 0 aromatic heterocycles. The van der Waals surface area contributed by atoms with E-state index in [0.717, 1.165) is 18.5 Å². The summed E-state index contributed by atoms with van der Waals surface area (Å²) in [6, 6.07) is 6.77. The highest BCUT2D eigenvalue weighted by molar-refractivity contribution is 5.80. The Morgan fingerprint density at radius 1 is 1.43 bits per heavy atom. The Bertz CT molecular complexity index is 488. The van der Waals surface area contributed by atoms with Crippen LogP contribution in [0.5, 0.6) is 0 Å². The molecule has 21 heavy (non-hydrogen) atoms. The Balaban J connectivity index is 1.96. The van der Waals surface area contributed by atoms with Gasteiger partial charge in [-0.3, -0.25) is 10.1 Å². The van der Waals surface area contributed by atoms with Crippen LogP contribution in [0.1, 0.15) is 26.2 Å². The van der Waals surface area contributed by atoms with Crippen LogP contribution < -0.4 is 10.2 Å². The zero-order valence-corrected chi connectivity index (χ0v) is 12.9. The van der Waals surface area contributed by atoms with Gasteiger partial charge in [-0.15, -0.1) is 0 Å². The molecule has 1 aromatic rings. The summed E-state index contributed by atoms with van der Waals surface area (Å²) in [6.07, 6.45) is 2.85. The lowest BCUT2D eigenvalue weighted by Gasteiger charge is -2.31. The molecule has 0 radical (unpaired) electrons. The Kier molecular flexibility index (Phi) is 4.83. The Morgan fingerprint density at radius 2 is 2.05 bits per heavy atom. The van der Waals surface area contributed by atoms with E-state index in [2.05, 4.69) is 5.32 Å². The van der Waals surface area contributed by atoms with E-state index in [0.29, 0.717) is 19.0 Å². The summed E-state index contributed by atoms with van der Waals surface area (Å²) < 4.78 is 17.9. The number of halogens is 1. The van der Waals surface area contributed by atoms with E-state index in [4.69, 9.17) is 4.74 Å². The summed E-state index contributed by atoms with van der Waals surface area (Å²) in [7, 11) is 3.35. The highest BCUT2D eigenvalue weighted by atomic mass is 19.1. The molecule has 116 valence electrons. The van der Waals surface area contributed by atoms with Gasteiger partial charge in [-0.1, -0.05) is 0 Å². The molecule has 0 amide bonds. The number of esters is 1. The molecule has 0 bridgehead atoms. The Labute approximate surface area is 125 Å². The third-order valence-electron chi connectivity index (χ3n) is 3.95. The van der Waals surface area contributed by atoms with Crippen molar-refractivity contribution in [3.05, 3.63) is 30.1 Å². The van der Waals surface area contributed by atoms with Crippen molar-refractivity contribution in [3.63, 3.8) is 0 Å². The number of carbonyl (C=O) groups is 1. The number of hydrogen-bond donors (Lipinski definition) is 1. The number of carbonyl (C=O) groups excluding carboxylic acids is 1. The summed E-state index contributed by atoms with van der Waals surface area (Å²) in [5.41, 5.74) is 0.250. The standard InChI is InChI=1S/C16H23FN2O2/c1-16(15(20)21-3,18-13-6-7-13)10-11-19(2)14-8-4-12(17)5-9-14/h4-5,8-9,13,18H,6-7,10-11H2,1-3H3. The normalized spacial score (nSPS) is 17.1. The maximum atomic E-state index is 12.9. The van der Waals surface area contributed by atoms with Crippen LogP contribution >= 0.6 is 0 Å². The average Bonchev–Trinajstić information content (AvgIpc) is 3.28. The summed E-state index contributed by atoms with van der Waals surface area (Å²) in [5.74, 6) is -0.483. The van der Waals surface area contributed by atoms with Crippen molar-refractivity contribution in [1.82, 2.24) is 5.32 Å². The molecule has 1 aromatic carbocycles. The highest BCUT2D eigenvalue weighted by Gasteiger charge is 2.39. The van der Waals surface area contributed by atoms with Gasteiger partial charge >= 0.3 is 5.97 Å². The molecule has 0 aliphatic heterocycles. The van der Waals surface area contributed by atoms with E-state index in [1.807, 2.05) is 18.9 Å². The molecule has 1 saturated carbocycles. The lowest BCUT2D eigenvalue weighted by molar-refractivity contribution is -0.148. The topological polar surface area (TPSA) is 41.6 Å². The van der Waals surface area contributed by atoms with Gasteiger partial charge < -0.3 is 9.64 Å². The molecule has 1 aliphatic rings. The second-order valence-electron chi connectivity index (χ2n) is 5.89. The number of nitrogens with one attached hydrogen (secondary N) is 1. The quantitative estimate of drug-likeness (QED) is 0.784. The molecule has 1 fully saturated rings. The van der Waals surface area contributed by atoms with Crippen LogP contribution in [-0.4, -0.2) is 38.3 Å². The van der Waals surface area contributed by atoms with Gasteiger partial charge in [-0.25, -0.2) is 4.39 Å². The lowest BCUT2D eigenvalue weighted by Crippen LogP contribution is -2.52. The van der Waals surface area contributed by atoms with E-state index in [-0.39, 0.29) is 11.8 Å². The number of hydrogen-bond acceptors (Lipinski definition) is 4. The maximum absolute atomic E-state index is 12.9. The number of benzene rings is 1.